The van der Waals surface area contributed by atoms with Crippen molar-refractivity contribution < 1.29 is 9.53 Å². The summed E-state index contributed by atoms with van der Waals surface area (Å²) in [5.41, 5.74) is 1.99. The second kappa shape index (κ2) is 4.53. The van der Waals surface area contributed by atoms with Crippen molar-refractivity contribution in [2.45, 2.75) is 6.42 Å². The summed E-state index contributed by atoms with van der Waals surface area (Å²) in [6.45, 7) is 1.11. The van der Waals surface area contributed by atoms with E-state index < -0.39 is 0 Å². The SMILES string of the molecule is CN(C)CCc1ccc2c(c1)NC(=O)CO2. The highest BCUT2D eigenvalue weighted by molar-refractivity contribution is 5.95. The molecule has 1 heterocycles. The van der Waals surface area contributed by atoms with Crippen LogP contribution in [0.15, 0.2) is 18.2 Å². The number of anilines is 1. The number of hydrogen-bond acceptors (Lipinski definition) is 3. The summed E-state index contributed by atoms with van der Waals surface area (Å²) < 4.78 is 5.29. The topological polar surface area (TPSA) is 41.6 Å². The van der Waals surface area contributed by atoms with Crippen molar-refractivity contribution in [3.63, 3.8) is 0 Å². The second-order valence-electron chi connectivity index (χ2n) is 4.22. The molecular formula is C12H16N2O2. The number of hydrogen-bond donors (Lipinski definition) is 1. The van der Waals surface area contributed by atoms with E-state index in [0.29, 0.717) is 0 Å². The lowest BCUT2D eigenvalue weighted by atomic mass is 10.1. The Labute approximate surface area is 95.2 Å². The molecule has 2 rings (SSSR count). The number of ether oxygens (including phenoxy) is 1. The zero-order valence-electron chi connectivity index (χ0n) is 9.62. The van der Waals surface area contributed by atoms with Gasteiger partial charge in [-0.2, -0.15) is 0 Å². The third-order valence-electron chi connectivity index (χ3n) is 2.52. The third kappa shape index (κ3) is 2.52. The summed E-state index contributed by atoms with van der Waals surface area (Å²) in [6.07, 6.45) is 0.968. The predicted molar refractivity (Wildman–Crippen MR) is 62.8 cm³/mol. The fourth-order valence-corrected chi connectivity index (χ4v) is 1.64. The van der Waals surface area contributed by atoms with Crippen molar-refractivity contribution in [2.24, 2.45) is 0 Å². The standard InChI is InChI=1S/C12H16N2O2/c1-14(2)6-5-9-3-4-11-10(7-9)13-12(15)8-16-11/h3-4,7H,5-6,8H2,1-2H3,(H,13,15). The lowest BCUT2D eigenvalue weighted by Crippen LogP contribution is -2.25. The molecule has 1 aromatic carbocycles. The summed E-state index contributed by atoms with van der Waals surface area (Å²) in [6, 6.07) is 5.94. The molecule has 1 aliphatic heterocycles. The van der Waals surface area contributed by atoms with E-state index in [4.69, 9.17) is 4.74 Å². The Bertz CT molecular complexity index is 402. The number of rotatable bonds is 3. The minimum atomic E-state index is -0.0859. The maximum absolute atomic E-state index is 11.2. The van der Waals surface area contributed by atoms with Crippen LogP contribution in [-0.2, 0) is 11.2 Å². The van der Waals surface area contributed by atoms with Crippen LogP contribution in [0.4, 0.5) is 5.69 Å². The van der Waals surface area contributed by atoms with Crippen LogP contribution in [0.3, 0.4) is 0 Å². The third-order valence-corrected chi connectivity index (χ3v) is 2.52. The van der Waals surface area contributed by atoms with Gasteiger partial charge >= 0.3 is 0 Å². The van der Waals surface area contributed by atoms with Gasteiger partial charge in [0.25, 0.3) is 5.91 Å². The molecule has 0 unspecified atom stereocenters. The van der Waals surface area contributed by atoms with E-state index in [0.717, 1.165) is 24.4 Å². The molecule has 4 heteroatoms. The molecule has 0 spiro atoms. The fourth-order valence-electron chi connectivity index (χ4n) is 1.64. The number of nitrogens with zero attached hydrogens (tertiary/aromatic N) is 1. The highest BCUT2D eigenvalue weighted by Crippen LogP contribution is 2.28. The summed E-state index contributed by atoms with van der Waals surface area (Å²) in [4.78, 5) is 13.3. The first-order chi connectivity index (χ1) is 7.65. The van der Waals surface area contributed by atoms with Crippen molar-refractivity contribution >= 4 is 11.6 Å². The van der Waals surface area contributed by atoms with E-state index in [1.165, 1.54) is 5.56 Å². The number of benzene rings is 1. The lowest BCUT2D eigenvalue weighted by Gasteiger charge is -2.19. The molecule has 0 aliphatic carbocycles. The molecule has 16 heavy (non-hydrogen) atoms. The van der Waals surface area contributed by atoms with Crippen LogP contribution >= 0.6 is 0 Å². The van der Waals surface area contributed by atoms with Gasteiger partial charge in [-0.1, -0.05) is 6.07 Å². The van der Waals surface area contributed by atoms with Gasteiger partial charge in [0, 0.05) is 6.54 Å². The quantitative estimate of drug-likeness (QED) is 0.830. The zero-order chi connectivity index (χ0) is 11.5. The van der Waals surface area contributed by atoms with Crippen molar-refractivity contribution in [1.29, 1.82) is 0 Å². The van der Waals surface area contributed by atoms with Crippen LogP contribution in [0.2, 0.25) is 0 Å². The smallest absolute Gasteiger partial charge is 0.262 e. The minimum absolute atomic E-state index is 0.0859. The maximum atomic E-state index is 11.2. The van der Waals surface area contributed by atoms with E-state index in [-0.39, 0.29) is 12.5 Å². The normalized spacial score (nSPS) is 14.3. The zero-order valence-corrected chi connectivity index (χ0v) is 9.62. The van der Waals surface area contributed by atoms with Gasteiger partial charge < -0.3 is 15.0 Å². The summed E-state index contributed by atoms with van der Waals surface area (Å²) in [7, 11) is 4.09. The first-order valence-corrected chi connectivity index (χ1v) is 5.35. The second-order valence-corrected chi connectivity index (χ2v) is 4.22. The average molecular weight is 220 g/mol. The van der Waals surface area contributed by atoms with Crippen molar-refractivity contribution in [1.82, 2.24) is 4.90 Å². The predicted octanol–water partition coefficient (Wildman–Crippen LogP) is 1.12. The first kappa shape index (κ1) is 11.0. The largest absolute Gasteiger partial charge is 0.482 e. The van der Waals surface area contributed by atoms with Crippen LogP contribution in [0.25, 0.3) is 0 Å². The summed E-state index contributed by atoms with van der Waals surface area (Å²) >= 11 is 0. The Morgan fingerprint density at radius 2 is 2.25 bits per heavy atom. The number of amides is 1. The molecule has 86 valence electrons. The van der Waals surface area contributed by atoms with Crippen LogP contribution in [0.5, 0.6) is 5.75 Å². The van der Waals surface area contributed by atoms with Gasteiger partial charge in [-0.25, -0.2) is 0 Å². The van der Waals surface area contributed by atoms with Gasteiger partial charge in [0.05, 0.1) is 5.69 Å². The molecule has 0 radical (unpaired) electrons. The highest BCUT2D eigenvalue weighted by Gasteiger charge is 2.15. The van der Waals surface area contributed by atoms with Crippen LogP contribution < -0.4 is 10.1 Å². The van der Waals surface area contributed by atoms with E-state index in [1.54, 1.807) is 0 Å². The molecule has 0 atom stereocenters. The van der Waals surface area contributed by atoms with Gasteiger partial charge in [0.1, 0.15) is 5.75 Å². The van der Waals surface area contributed by atoms with Crippen molar-refractivity contribution in [2.75, 3.05) is 32.6 Å². The first-order valence-electron chi connectivity index (χ1n) is 5.35. The van der Waals surface area contributed by atoms with Crippen LogP contribution in [0, 0.1) is 0 Å². The van der Waals surface area contributed by atoms with Gasteiger partial charge in [-0.3, -0.25) is 4.79 Å². The van der Waals surface area contributed by atoms with E-state index in [2.05, 4.69) is 10.2 Å². The highest BCUT2D eigenvalue weighted by atomic mass is 16.5. The Morgan fingerprint density at radius 3 is 3.00 bits per heavy atom. The Balaban J connectivity index is 2.12. The van der Waals surface area contributed by atoms with Crippen LogP contribution in [0.1, 0.15) is 5.56 Å². The van der Waals surface area contributed by atoms with Gasteiger partial charge in [0.15, 0.2) is 6.61 Å². The number of carbonyl (C=O) groups is 1. The van der Waals surface area contributed by atoms with E-state index in [9.17, 15) is 4.79 Å². The molecular weight excluding hydrogens is 204 g/mol. The van der Waals surface area contributed by atoms with E-state index in [1.807, 2.05) is 32.3 Å². The molecule has 0 saturated carbocycles. The molecule has 1 N–H and O–H groups in total. The molecule has 0 fully saturated rings. The summed E-state index contributed by atoms with van der Waals surface area (Å²) in [5, 5.41) is 2.81. The summed E-state index contributed by atoms with van der Waals surface area (Å²) in [5.74, 6) is 0.672. The molecule has 1 amide bonds. The Hall–Kier alpha value is -1.55. The van der Waals surface area contributed by atoms with E-state index >= 15 is 0 Å². The van der Waals surface area contributed by atoms with Crippen molar-refractivity contribution in [3.8, 4) is 5.75 Å². The molecule has 0 bridgehead atoms. The maximum Gasteiger partial charge on any atom is 0.262 e. The monoisotopic (exact) mass is 220 g/mol. The lowest BCUT2D eigenvalue weighted by molar-refractivity contribution is -0.118. The fraction of sp³-hybridized carbons (Fsp3) is 0.417. The van der Waals surface area contributed by atoms with Gasteiger partial charge in [-0.15, -0.1) is 0 Å². The molecule has 4 nitrogen and oxygen atoms in total. The molecule has 0 aromatic heterocycles. The Kier molecular flexibility index (Phi) is 3.10. The number of likely N-dealkylation sites (N-methyl/N-ethyl adjacent to an activating group) is 1. The average Bonchev–Trinajstić information content (AvgIpc) is 2.25. The number of fused-ring (bicyclic) bond motifs is 1. The van der Waals surface area contributed by atoms with Crippen molar-refractivity contribution in [3.05, 3.63) is 23.8 Å². The molecule has 1 aliphatic rings. The van der Waals surface area contributed by atoms with Gasteiger partial charge in [-0.05, 0) is 38.2 Å². The molecule has 1 aromatic rings. The van der Waals surface area contributed by atoms with Gasteiger partial charge in [0.2, 0.25) is 0 Å². The molecule has 0 saturated heterocycles. The van der Waals surface area contributed by atoms with Crippen LogP contribution in [-0.4, -0.2) is 38.1 Å². The number of nitrogens with one attached hydrogen (secondary N) is 1. The number of carbonyl (C=O) groups excluding carboxylic acids is 1. The Morgan fingerprint density at radius 1 is 1.44 bits per heavy atom. The minimum Gasteiger partial charge on any atom is -0.482 e.